The molecule has 4 N–H and O–H groups in total. The number of benzene rings is 1. The fourth-order valence-electron chi connectivity index (χ4n) is 13.3. The van der Waals surface area contributed by atoms with Gasteiger partial charge in [0.1, 0.15) is 0 Å². The fourth-order valence-corrected chi connectivity index (χ4v) is 16.9. The van der Waals surface area contributed by atoms with Crippen LogP contribution in [0.5, 0.6) is 0 Å². The Morgan fingerprint density at radius 2 is 0.827 bits per heavy atom. The zero-order valence-electron chi connectivity index (χ0n) is 34.0. The first-order valence-corrected chi connectivity index (χ1v) is 26.6. The molecule has 1 aromatic carbocycles. The minimum Gasteiger partial charge on any atom is -0.393 e. The smallest absolute Gasteiger partial charge is 0.0596 e. The molecular formula is C46H76MoNO3Si. The Morgan fingerprint density at radius 3 is 1.02 bits per heavy atom. The van der Waals surface area contributed by atoms with E-state index in [9.17, 15) is 15.3 Å². The summed E-state index contributed by atoms with van der Waals surface area (Å²) in [6, 6.07) is 8.27. The van der Waals surface area contributed by atoms with Crippen LogP contribution in [0, 0.1) is 89.1 Å². The second-order valence-electron chi connectivity index (χ2n) is 21.3. The molecular weight excluding hydrogens is 739 g/mol. The van der Waals surface area contributed by atoms with Crippen molar-refractivity contribution in [3.63, 3.8) is 0 Å². The molecule has 12 fully saturated rings. The number of hydrogen-bond acceptors (Lipinski definition) is 4. The summed E-state index contributed by atoms with van der Waals surface area (Å²) in [7, 11) is -0.766. The van der Waals surface area contributed by atoms with E-state index in [2.05, 4.69) is 75.1 Å². The molecule has 52 heavy (non-hydrogen) atoms. The number of anilines is 1. The van der Waals surface area contributed by atoms with Crippen LogP contribution in [0.4, 0.5) is 5.69 Å². The van der Waals surface area contributed by atoms with E-state index >= 15 is 0 Å². The van der Waals surface area contributed by atoms with Crippen molar-refractivity contribution in [2.75, 3.05) is 5.32 Å². The molecule has 0 atom stereocenters. The van der Waals surface area contributed by atoms with Gasteiger partial charge in [-0.05, 0) is 218 Å². The summed E-state index contributed by atoms with van der Waals surface area (Å²) in [6.45, 7) is 15.6. The largest absolute Gasteiger partial charge is 0.393 e. The quantitative estimate of drug-likeness (QED) is 0.230. The molecule has 13 rings (SSSR count). The number of hydrogen-bond donors (Lipinski definition) is 4. The van der Waals surface area contributed by atoms with E-state index in [4.69, 9.17) is 0 Å². The van der Waals surface area contributed by atoms with Gasteiger partial charge in [0.15, 0.2) is 0 Å². The Hall–Kier alpha value is -0.415. The van der Waals surface area contributed by atoms with Crippen molar-refractivity contribution in [2.45, 2.75) is 174 Å². The van der Waals surface area contributed by atoms with Crippen molar-refractivity contribution >= 4 is 13.8 Å². The van der Waals surface area contributed by atoms with E-state index in [-0.39, 0.29) is 18.3 Å². The molecule has 12 aliphatic rings. The van der Waals surface area contributed by atoms with Crippen molar-refractivity contribution in [1.29, 1.82) is 0 Å². The fraction of sp³-hybridized carbons (Fsp3) is 0.848. The minimum atomic E-state index is -0.766. The summed E-state index contributed by atoms with van der Waals surface area (Å²) < 4.78 is 3.18. The molecule has 0 saturated heterocycles. The van der Waals surface area contributed by atoms with Gasteiger partial charge in [0.2, 0.25) is 0 Å². The molecule has 6 heteroatoms. The molecule has 12 saturated carbocycles. The standard InChI is InChI=1S/C11H17N.3C10H16O.C5H11Si.Mo/c1-8(2)12-11-6-9(3)5-10(4)7-11;3*11-10-8-2-6-1-7(4-8)5-9(10)3-6;1-5-6(2,3)4;/h5-8,12H,1-4H3;3*6-11H,1-5H2;5H2,2-4H3;. The van der Waals surface area contributed by atoms with Crippen LogP contribution in [0.1, 0.15) is 121 Å². The van der Waals surface area contributed by atoms with Crippen molar-refractivity contribution < 1.29 is 34.5 Å². The van der Waals surface area contributed by atoms with Crippen LogP contribution in [0.25, 0.3) is 0 Å². The van der Waals surface area contributed by atoms with Crippen LogP contribution in [0.15, 0.2) is 18.2 Å². The number of aliphatic hydroxyl groups excluding tert-OH is 3. The van der Waals surface area contributed by atoms with Crippen LogP contribution in [0.3, 0.4) is 0 Å². The first kappa shape index (κ1) is 41.2. The first-order valence-electron chi connectivity index (χ1n) is 21.9. The van der Waals surface area contributed by atoms with Crippen LogP contribution >= 0.6 is 0 Å². The average molecular weight is 815 g/mol. The Labute approximate surface area is 330 Å². The van der Waals surface area contributed by atoms with Gasteiger partial charge >= 0.3 is 57.1 Å². The van der Waals surface area contributed by atoms with Crippen molar-refractivity contribution in [1.82, 2.24) is 0 Å². The number of aryl methyl sites for hydroxylation is 2. The second-order valence-corrected chi connectivity index (χ2v) is 27.5. The van der Waals surface area contributed by atoms with E-state index in [1.54, 1.807) is 0 Å². The molecule has 0 aromatic heterocycles. The maximum absolute atomic E-state index is 9.83. The van der Waals surface area contributed by atoms with Crippen LogP contribution in [-0.4, -0.2) is 47.7 Å². The third-order valence-corrected chi connectivity index (χ3v) is 17.1. The van der Waals surface area contributed by atoms with Gasteiger partial charge in [0.05, 0.1) is 18.3 Å². The van der Waals surface area contributed by atoms with E-state index < -0.39 is 8.07 Å². The summed E-state index contributed by atoms with van der Waals surface area (Å²) in [6.07, 6.45) is 20.8. The maximum atomic E-state index is 9.83. The summed E-state index contributed by atoms with van der Waals surface area (Å²) in [5.74, 6) is 10.2. The van der Waals surface area contributed by atoms with Gasteiger partial charge in [-0.1, -0.05) is 6.07 Å². The molecule has 0 heterocycles. The Kier molecular flexibility index (Phi) is 14.1. The topological polar surface area (TPSA) is 72.7 Å². The summed E-state index contributed by atoms with van der Waals surface area (Å²) in [5.41, 5.74) is 3.86. The predicted molar refractivity (Wildman–Crippen MR) is 216 cm³/mol. The average Bonchev–Trinajstić information content (AvgIpc) is 3.03. The van der Waals surface area contributed by atoms with Crippen LogP contribution < -0.4 is 5.32 Å². The zero-order chi connectivity index (χ0) is 37.3. The minimum absolute atomic E-state index is 0.0859. The summed E-state index contributed by atoms with van der Waals surface area (Å²) >= 11 is 1.95. The van der Waals surface area contributed by atoms with Crippen molar-refractivity contribution in [2.24, 2.45) is 71.0 Å². The number of aliphatic hydroxyl groups is 3. The molecule has 0 unspecified atom stereocenters. The Bertz CT molecular complexity index is 1150. The molecule has 0 amide bonds. The predicted octanol–water partition coefficient (Wildman–Crippen LogP) is 10.4. The van der Waals surface area contributed by atoms with Crippen LogP contribution in [0.2, 0.25) is 25.7 Å². The van der Waals surface area contributed by atoms with Crippen molar-refractivity contribution in [3.05, 3.63) is 29.3 Å². The molecule has 1 aromatic rings. The van der Waals surface area contributed by atoms with E-state index in [0.717, 1.165) is 35.5 Å². The van der Waals surface area contributed by atoms with Gasteiger partial charge in [-0.25, -0.2) is 0 Å². The van der Waals surface area contributed by atoms with E-state index in [1.165, 1.54) is 119 Å². The van der Waals surface area contributed by atoms with Gasteiger partial charge in [-0.3, -0.25) is 0 Å². The molecule has 0 radical (unpaired) electrons. The summed E-state index contributed by atoms with van der Waals surface area (Å²) in [4.78, 5) is 0. The SMILES string of the molecule is C[Si](C)(C)C[C]#[Mo].Cc1cc(C)cc(NC(C)C)c1.OC1C2CC3CC(C2)CC1C3.OC1C2CC3CC(C2)CC1C3.OC1C2CC3CC(C2)CC1C3. The van der Waals surface area contributed by atoms with Gasteiger partial charge in [0, 0.05) is 11.7 Å². The summed E-state index contributed by atoms with van der Waals surface area (Å²) in [5, 5.41) is 32.9. The number of rotatable bonds is 3. The van der Waals surface area contributed by atoms with E-state index in [0.29, 0.717) is 41.5 Å². The number of nitrogens with one attached hydrogen (secondary N) is 1. The normalized spacial score (nSPS) is 42.1. The Balaban J connectivity index is 0.000000113. The van der Waals surface area contributed by atoms with Gasteiger partial charge in [-0.15, -0.1) is 0 Å². The molecule has 4 nitrogen and oxygen atoms in total. The second kappa shape index (κ2) is 17.8. The monoisotopic (exact) mass is 816 g/mol. The van der Waals surface area contributed by atoms with Crippen molar-refractivity contribution in [3.8, 4) is 4.20 Å². The molecule has 0 aliphatic heterocycles. The van der Waals surface area contributed by atoms with Gasteiger partial charge in [-0.2, -0.15) is 0 Å². The van der Waals surface area contributed by atoms with Crippen LogP contribution in [-0.2, 0) is 19.2 Å². The molecule has 12 aliphatic carbocycles. The zero-order valence-corrected chi connectivity index (χ0v) is 37.0. The molecule has 0 spiro atoms. The first-order chi connectivity index (χ1) is 24.6. The van der Waals surface area contributed by atoms with Gasteiger partial charge < -0.3 is 20.6 Å². The third kappa shape index (κ3) is 10.9. The molecule has 293 valence electrons. The van der Waals surface area contributed by atoms with E-state index in [1.807, 2.05) is 19.2 Å². The van der Waals surface area contributed by atoms with Gasteiger partial charge in [0.25, 0.3) is 0 Å². The maximum Gasteiger partial charge on any atom is 0.0596 e. The Morgan fingerprint density at radius 1 is 0.558 bits per heavy atom. The molecule has 12 bridgehead atoms. The third-order valence-electron chi connectivity index (χ3n) is 14.8.